The molecule has 2 nitrogen and oxygen atoms in total. The molecule has 0 radical (unpaired) electrons. The summed E-state index contributed by atoms with van der Waals surface area (Å²) in [6.45, 7) is 1.91. The maximum atomic E-state index is 5.79. The summed E-state index contributed by atoms with van der Waals surface area (Å²) in [4.78, 5) is 4.42. The van der Waals surface area contributed by atoms with E-state index in [1.807, 2.05) is 25.1 Å². The predicted molar refractivity (Wildman–Crippen MR) is 66.3 cm³/mol. The first-order valence-electron chi connectivity index (χ1n) is 4.10. The lowest BCUT2D eigenvalue weighted by atomic mass is 10.2. The van der Waals surface area contributed by atoms with Gasteiger partial charge in [-0.2, -0.15) is 0 Å². The highest BCUT2D eigenvalue weighted by molar-refractivity contribution is 9.11. The Kier molecular flexibility index (Phi) is 2.49. The van der Waals surface area contributed by atoms with Gasteiger partial charge >= 0.3 is 0 Å². The molecule has 2 N–H and O–H groups in total. The third kappa shape index (κ3) is 1.64. The van der Waals surface area contributed by atoms with Crippen molar-refractivity contribution in [2.24, 2.45) is 0 Å². The summed E-state index contributed by atoms with van der Waals surface area (Å²) in [6, 6.07) is 5.92. The molecule has 0 saturated carbocycles. The first kappa shape index (κ1) is 9.93. The molecule has 0 aliphatic rings. The summed E-state index contributed by atoms with van der Waals surface area (Å²) < 4.78 is 1.99. The van der Waals surface area contributed by atoms with Crippen molar-refractivity contribution in [3.8, 4) is 0 Å². The van der Waals surface area contributed by atoms with E-state index in [1.165, 1.54) is 0 Å². The van der Waals surface area contributed by atoms with Crippen molar-refractivity contribution >= 4 is 48.5 Å². The van der Waals surface area contributed by atoms with E-state index < -0.39 is 0 Å². The fourth-order valence-electron chi connectivity index (χ4n) is 1.32. The van der Waals surface area contributed by atoms with Gasteiger partial charge in [0.05, 0.1) is 16.9 Å². The van der Waals surface area contributed by atoms with Gasteiger partial charge < -0.3 is 5.73 Å². The molecule has 1 aromatic heterocycles. The van der Waals surface area contributed by atoms with Crippen LogP contribution in [0.1, 0.15) is 5.69 Å². The Balaban J connectivity index is 2.89. The van der Waals surface area contributed by atoms with Crippen molar-refractivity contribution in [1.82, 2.24) is 4.98 Å². The van der Waals surface area contributed by atoms with E-state index in [-0.39, 0.29) is 0 Å². The molecule has 0 spiro atoms. The first-order valence-corrected chi connectivity index (χ1v) is 5.68. The minimum absolute atomic E-state index is 0.725. The summed E-state index contributed by atoms with van der Waals surface area (Å²) in [7, 11) is 0. The summed E-state index contributed by atoms with van der Waals surface area (Å²) >= 11 is 6.90. The van der Waals surface area contributed by atoms with Gasteiger partial charge in [-0.25, -0.2) is 4.98 Å². The highest BCUT2D eigenvalue weighted by atomic mass is 79.9. The van der Waals surface area contributed by atoms with Crippen molar-refractivity contribution < 1.29 is 0 Å². The first-order chi connectivity index (χ1) is 6.58. The van der Waals surface area contributed by atoms with Gasteiger partial charge in [0.1, 0.15) is 0 Å². The fourth-order valence-corrected chi connectivity index (χ4v) is 2.67. The summed E-state index contributed by atoms with van der Waals surface area (Å²) in [5, 5.41) is 1.04. The molecule has 0 amide bonds. The molecule has 0 bridgehead atoms. The Morgan fingerprint density at radius 1 is 1.21 bits per heavy atom. The molecule has 2 rings (SSSR count). The normalized spacial score (nSPS) is 10.8. The lowest BCUT2D eigenvalue weighted by Gasteiger charge is -2.05. The smallest absolute Gasteiger partial charge is 0.0849 e. The number of fused-ring (bicyclic) bond motifs is 1. The molecule has 1 heterocycles. The molecule has 14 heavy (non-hydrogen) atoms. The average molecular weight is 316 g/mol. The summed E-state index contributed by atoms with van der Waals surface area (Å²) in [6.07, 6.45) is 0. The van der Waals surface area contributed by atoms with E-state index in [9.17, 15) is 0 Å². The summed E-state index contributed by atoms with van der Waals surface area (Å²) in [5.74, 6) is 0. The topological polar surface area (TPSA) is 38.9 Å². The fraction of sp³-hybridized carbons (Fsp3) is 0.100. The monoisotopic (exact) mass is 314 g/mol. The van der Waals surface area contributed by atoms with Gasteiger partial charge in [-0.3, -0.25) is 0 Å². The zero-order valence-corrected chi connectivity index (χ0v) is 10.7. The Hall–Kier alpha value is -0.610. The number of rotatable bonds is 0. The van der Waals surface area contributed by atoms with Crippen LogP contribution < -0.4 is 5.73 Å². The van der Waals surface area contributed by atoms with Crippen molar-refractivity contribution in [2.45, 2.75) is 6.92 Å². The standard InChI is InChI=1S/C10H8Br2N2/c1-5-9(13)3-6-2-7(11)4-8(12)10(6)14-5/h2-4H,13H2,1H3. The van der Waals surface area contributed by atoms with Gasteiger partial charge in [-0.1, -0.05) is 15.9 Å². The van der Waals surface area contributed by atoms with E-state index in [4.69, 9.17) is 5.73 Å². The second-order valence-corrected chi connectivity index (χ2v) is 4.89. The van der Waals surface area contributed by atoms with Crippen LogP contribution in [-0.2, 0) is 0 Å². The number of hydrogen-bond acceptors (Lipinski definition) is 2. The molecule has 0 atom stereocenters. The van der Waals surface area contributed by atoms with Crippen LogP contribution in [0.3, 0.4) is 0 Å². The second-order valence-electron chi connectivity index (χ2n) is 3.12. The third-order valence-electron chi connectivity index (χ3n) is 2.07. The molecular weight excluding hydrogens is 308 g/mol. The molecule has 0 unspecified atom stereocenters. The van der Waals surface area contributed by atoms with Crippen LogP contribution in [0.15, 0.2) is 27.1 Å². The van der Waals surface area contributed by atoms with Crippen LogP contribution >= 0.6 is 31.9 Å². The Labute approximate surface area is 98.8 Å². The molecule has 0 saturated heterocycles. The van der Waals surface area contributed by atoms with Crippen LogP contribution in [0.25, 0.3) is 10.9 Å². The zero-order valence-electron chi connectivity index (χ0n) is 7.51. The third-order valence-corrected chi connectivity index (χ3v) is 3.13. The molecular formula is C10H8Br2N2. The predicted octanol–water partition coefficient (Wildman–Crippen LogP) is 3.65. The SMILES string of the molecule is Cc1nc2c(Br)cc(Br)cc2cc1N. The van der Waals surface area contributed by atoms with Crippen molar-refractivity contribution in [2.75, 3.05) is 5.73 Å². The molecule has 72 valence electrons. The highest BCUT2D eigenvalue weighted by Gasteiger charge is 2.04. The van der Waals surface area contributed by atoms with Crippen LogP contribution in [0.5, 0.6) is 0 Å². The molecule has 4 heteroatoms. The van der Waals surface area contributed by atoms with Gasteiger partial charge in [0.25, 0.3) is 0 Å². The number of anilines is 1. The molecule has 2 aromatic rings. The van der Waals surface area contributed by atoms with Gasteiger partial charge in [-0.05, 0) is 41.1 Å². The highest BCUT2D eigenvalue weighted by Crippen LogP contribution is 2.28. The number of nitrogen functional groups attached to an aromatic ring is 1. The van der Waals surface area contributed by atoms with E-state index in [1.54, 1.807) is 0 Å². The number of benzene rings is 1. The maximum Gasteiger partial charge on any atom is 0.0849 e. The van der Waals surface area contributed by atoms with Crippen molar-refractivity contribution in [3.05, 3.63) is 32.8 Å². The number of nitrogens with zero attached hydrogens (tertiary/aromatic N) is 1. The number of halogens is 2. The van der Waals surface area contributed by atoms with Crippen LogP contribution in [0, 0.1) is 6.92 Å². The Morgan fingerprint density at radius 2 is 1.93 bits per heavy atom. The van der Waals surface area contributed by atoms with Crippen LogP contribution in [0.2, 0.25) is 0 Å². The molecule has 0 aliphatic carbocycles. The lowest BCUT2D eigenvalue weighted by Crippen LogP contribution is -1.93. The molecule has 1 aromatic carbocycles. The number of pyridine rings is 1. The molecule has 0 fully saturated rings. The van der Waals surface area contributed by atoms with Crippen molar-refractivity contribution in [1.29, 1.82) is 0 Å². The Bertz CT molecular complexity index is 509. The zero-order chi connectivity index (χ0) is 10.3. The van der Waals surface area contributed by atoms with E-state index >= 15 is 0 Å². The number of hydrogen-bond donors (Lipinski definition) is 1. The minimum Gasteiger partial charge on any atom is -0.397 e. The quantitative estimate of drug-likeness (QED) is 0.806. The lowest BCUT2D eigenvalue weighted by molar-refractivity contribution is 1.25. The van der Waals surface area contributed by atoms with Gasteiger partial charge in [0.2, 0.25) is 0 Å². The van der Waals surface area contributed by atoms with Gasteiger partial charge in [-0.15, -0.1) is 0 Å². The van der Waals surface area contributed by atoms with Gasteiger partial charge in [0, 0.05) is 14.3 Å². The number of aryl methyl sites for hydroxylation is 1. The largest absolute Gasteiger partial charge is 0.397 e. The number of aromatic nitrogens is 1. The number of nitrogens with two attached hydrogens (primary N) is 1. The van der Waals surface area contributed by atoms with E-state index in [0.717, 1.165) is 31.2 Å². The average Bonchev–Trinajstić information content (AvgIpc) is 2.08. The second kappa shape index (κ2) is 3.51. The van der Waals surface area contributed by atoms with E-state index in [0.29, 0.717) is 0 Å². The van der Waals surface area contributed by atoms with Gasteiger partial charge in [0.15, 0.2) is 0 Å². The van der Waals surface area contributed by atoms with Crippen LogP contribution in [-0.4, -0.2) is 4.98 Å². The van der Waals surface area contributed by atoms with E-state index in [2.05, 4.69) is 36.8 Å². The maximum absolute atomic E-state index is 5.79. The Morgan fingerprint density at radius 3 is 2.64 bits per heavy atom. The van der Waals surface area contributed by atoms with Crippen LogP contribution in [0.4, 0.5) is 5.69 Å². The minimum atomic E-state index is 0.725. The van der Waals surface area contributed by atoms with Crippen molar-refractivity contribution in [3.63, 3.8) is 0 Å². The molecule has 0 aliphatic heterocycles. The summed E-state index contributed by atoms with van der Waals surface area (Å²) in [5.41, 5.74) is 8.32.